The molecule has 0 aliphatic rings. The molecular weight excluding hydrogens is 198 g/mol. The number of nitrogens with two attached hydrogens (primary N) is 1. The molecule has 0 aliphatic carbocycles. The average molecular weight is 209 g/mol. The van der Waals surface area contributed by atoms with Crippen LogP contribution in [0.5, 0.6) is 0 Å². The first-order valence-corrected chi connectivity index (χ1v) is 4.36. The molecule has 0 saturated heterocycles. The molecule has 1 aromatic carbocycles. The van der Waals surface area contributed by atoms with Crippen LogP contribution in [0, 0.1) is 10.1 Å². The molecule has 6 heteroatoms. The number of hydrogen-bond acceptors (Lipinski definition) is 4. The third-order valence-corrected chi connectivity index (χ3v) is 1.95. The van der Waals surface area contributed by atoms with Crippen molar-refractivity contribution in [3.8, 4) is 0 Å². The molecule has 80 valence electrons. The molecule has 0 fully saturated rings. The Bertz CT molecular complexity index is 361. The molecule has 6 nitrogen and oxygen atoms in total. The topological polar surface area (TPSA) is 98.3 Å². The maximum absolute atomic E-state index is 10.8. The number of carbonyl (C=O) groups excluding carboxylic acids is 1. The number of hydrazine groups is 1. The van der Waals surface area contributed by atoms with Crippen molar-refractivity contribution in [3.63, 3.8) is 0 Å². The summed E-state index contributed by atoms with van der Waals surface area (Å²) in [5.41, 5.74) is 2.93. The van der Waals surface area contributed by atoms with Gasteiger partial charge in [0.05, 0.1) is 4.92 Å². The van der Waals surface area contributed by atoms with Crippen LogP contribution in [-0.4, -0.2) is 10.8 Å². The predicted octanol–water partition coefficient (Wildman–Crippen LogP) is 0.517. The quantitative estimate of drug-likeness (QED) is 0.327. The summed E-state index contributed by atoms with van der Waals surface area (Å²) in [7, 11) is 0. The summed E-state index contributed by atoms with van der Waals surface area (Å²) in [6, 6.07) is 6.08. The molecule has 0 heterocycles. The number of nitro groups is 1. The first-order valence-electron chi connectivity index (χ1n) is 4.36. The Morgan fingerprint density at radius 1 is 1.40 bits per heavy atom. The van der Waals surface area contributed by atoms with Crippen LogP contribution in [0.25, 0.3) is 0 Å². The summed E-state index contributed by atoms with van der Waals surface area (Å²) in [6.45, 7) is 0. The molecule has 0 saturated carbocycles. The second-order valence-electron chi connectivity index (χ2n) is 2.99. The molecule has 0 bridgehead atoms. The van der Waals surface area contributed by atoms with Gasteiger partial charge in [0.25, 0.3) is 5.69 Å². The summed E-state index contributed by atoms with van der Waals surface area (Å²) in [5.74, 6) is 4.66. The van der Waals surface area contributed by atoms with Gasteiger partial charge < -0.3 is 0 Å². The summed E-state index contributed by atoms with van der Waals surface area (Å²) in [6.07, 6.45) is 0.787. The summed E-state index contributed by atoms with van der Waals surface area (Å²) < 4.78 is 0. The number of nitro benzene ring substituents is 1. The van der Waals surface area contributed by atoms with Gasteiger partial charge in [-0.05, 0) is 12.0 Å². The first-order chi connectivity index (χ1) is 7.13. The molecule has 0 radical (unpaired) electrons. The zero-order valence-corrected chi connectivity index (χ0v) is 7.97. The fourth-order valence-corrected chi connectivity index (χ4v) is 1.11. The monoisotopic (exact) mass is 209 g/mol. The van der Waals surface area contributed by atoms with Gasteiger partial charge >= 0.3 is 0 Å². The summed E-state index contributed by atoms with van der Waals surface area (Å²) >= 11 is 0. The van der Waals surface area contributed by atoms with Gasteiger partial charge in [0.15, 0.2) is 0 Å². The van der Waals surface area contributed by atoms with Crippen molar-refractivity contribution >= 4 is 11.6 Å². The minimum absolute atomic E-state index is 0.0435. The Morgan fingerprint density at radius 2 is 2.00 bits per heavy atom. The largest absolute Gasteiger partial charge is 0.294 e. The first kappa shape index (κ1) is 11.1. The predicted molar refractivity (Wildman–Crippen MR) is 53.7 cm³/mol. The van der Waals surface area contributed by atoms with Crippen molar-refractivity contribution < 1.29 is 9.72 Å². The molecule has 0 aromatic heterocycles. The highest BCUT2D eigenvalue weighted by atomic mass is 16.6. The number of rotatable bonds is 4. The van der Waals surface area contributed by atoms with E-state index in [0.717, 1.165) is 5.56 Å². The van der Waals surface area contributed by atoms with Crippen LogP contribution in [0.3, 0.4) is 0 Å². The molecule has 1 aromatic rings. The third kappa shape index (κ3) is 3.35. The van der Waals surface area contributed by atoms with E-state index < -0.39 is 4.92 Å². The lowest BCUT2D eigenvalue weighted by Crippen LogP contribution is -2.30. The highest BCUT2D eigenvalue weighted by Crippen LogP contribution is 2.12. The minimum Gasteiger partial charge on any atom is -0.294 e. The number of carbonyl (C=O) groups is 1. The highest BCUT2D eigenvalue weighted by molar-refractivity contribution is 5.75. The lowest BCUT2D eigenvalue weighted by Gasteiger charge is -2.00. The van der Waals surface area contributed by atoms with Crippen LogP contribution in [-0.2, 0) is 11.2 Å². The molecule has 1 rings (SSSR count). The zero-order chi connectivity index (χ0) is 11.3. The Balaban J connectivity index is 2.57. The summed E-state index contributed by atoms with van der Waals surface area (Å²) in [5, 5.41) is 10.3. The van der Waals surface area contributed by atoms with E-state index >= 15 is 0 Å². The molecule has 3 N–H and O–H groups in total. The molecule has 1 amide bonds. The second-order valence-corrected chi connectivity index (χ2v) is 2.99. The Hall–Kier alpha value is -1.95. The molecule has 0 unspecified atom stereocenters. The van der Waals surface area contributed by atoms with Crippen molar-refractivity contribution in [2.24, 2.45) is 5.84 Å². The van der Waals surface area contributed by atoms with Crippen LogP contribution >= 0.6 is 0 Å². The van der Waals surface area contributed by atoms with Crippen LogP contribution < -0.4 is 11.3 Å². The van der Waals surface area contributed by atoms with E-state index in [9.17, 15) is 14.9 Å². The average Bonchev–Trinajstić information content (AvgIpc) is 2.26. The van der Waals surface area contributed by atoms with Gasteiger partial charge in [0.1, 0.15) is 0 Å². The maximum Gasteiger partial charge on any atom is 0.269 e. The van der Waals surface area contributed by atoms with Crippen molar-refractivity contribution in [1.82, 2.24) is 5.43 Å². The number of amides is 1. The van der Waals surface area contributed by atoms with Crippen LogP contribution in [0.15, 0.2) is 24.3 Å². The van der Waals surface area contributed by atoms with Crippen molar-refractivity contribution in [3.05, 3.63) is 39.9 Å². The van der Waals surface area contributed by atoms with E-state index in [4.69, 9.17) is 5.84 Å². The van der Waals surface area contributed by atoms with E-state index in [2.05, 4.69) is 0 Å². The van der Waals surface area contributed by atoms with Gasteiger partial charge in [-0.3, -0.25) is 20.3 Å². The smallest absolute Gasteiger partial charge is 0.269 e. The number of non-ortho nitro benzene ring substituents is 1. The number of nitrogens with zero attached hydrogens (tertiary/aromatic N) is 1. The number of hydrogen-bond donors (Lipinski definition) is 2. The van der Waals surface area contributed by atoms with Crippen LogP contribution in [0.4, 0.5) is 5.69 Å². The normalized spacial score (nSPS) is 9.67. The summed E-state index contributed by atoms with van der Waals surface area (Å²) in [4.78, 5) is 20.7. The van der Waals surface area contributed by atoms with Crippen molar-refractivity contribution in [2.45, 2.75) is 12.8 Å². The Kier molecular flexibility index (Phi) is 3.75. The van der Waals surface area contributed by atoms with E-state index in [-0.39, 0.29) is 18.0 Å². The number of benzene rings is 1. The standard InChI is InChI=1S/C9H11N3O3/c10-11-9(13)6-3-7-1-4-8(5-2-7)12(14)15/h1-2,4-5H,3,6,10H2,(H,11,13). The molecular formula is C9H11N3O3. The fraction of sp³-hybridized carbons (Fsp3) is 0.222. The second kappa shape index (κ2) is 5.06. The molecule has 0 spiro atoms. The van der Waals surface area contributed by atoms with E-state index in [0.29, 0.717) is 6.42 Å². The molecule has 0 atom stereocenters. The molecule has 15 heavy (non-hydrogen) atoms. The van der Waals surface area contributed by atoms with Crippen molar-refractivity contribution in [2.75, 3.05) is 0 Å². The maximum atomic E-state index is 10.8. The van der Waals surface area contributed by atoms with Gasteiger partial charge in [-0.1, -0.05) is 12.1 Å². The van der Waals surface area contributed by atoms with Gasteiger partial charge in [0, 0.05) is 18.6 Å². The van der Waals surface area contributed by atoms with Gasteiger partial charge in [-0.2, -0.15) is 0 Å². The Labute approximate surface area is 86.2 Å². The zero-order valence-electron chi connectivity index (χ0n) is 7.97. The van der Waals surface area contributed by atoms with E-state index in [1.807, 2.05) is 5.43 Å². The molecule has 0 aliphatic heterocycles. The number of aryl methyl sites for hydroxylation is 1. The van der Waals surface area contributed by atoms with Crippen LogP contribution in [0.2, 0.25) is 0 Å². The Morgan fingerprint density at radius 3 is 2.47 bits per heavy atom. The van der Waals surface area contributed by atoms with Gasteiger partial charge in [-0.25, -0.2) is 5.84 Å². The lowest BCUT2D eigenvalue weighted by molar-refractivity contribution is -0.384. The van der Waals surface area contributed by atoms with E-state index in [1.54, 1.807) is 12.1 Å². The lowest BCUT2D eigenvalue weighted by atomic mass is 10.1. The highest BCUT2D eigenvalue weighted by Gasteiger charge is 2.04. The van der Waals surface area contributed by atoms with Gasteiger partial charge in [-0.15, -0.1) is 0 Å². The fourth-order valence-electron chi connectivity index (χ4n) is 1.11. The third-order valence-electron chi connectivity index (χ3n) is 1.95. The minimum atomic E-state index is -0.462. The van der Waals surface area contributed by atoms with Gasteiger partial charge in [0.2, 0.25) is 5.91 Å². The van der Waals surface area contributed by atoms with Crippen LogP contribution in [0.1, 0.15) is 12.0 Å². The van der Waals surface area contributed by atoms with E-state index in [1.165, 1.54) is 12.1 Å². The van der Waals surface area contributed by atoms with Crippen molar-refractivity contribution in [1.29, 1.82) is 0 Å². The SMILES string of the molecule is NNC(=O)CCc1ccc([N+](=O)[O-])cc1. The number of nitrogens with one attached hydrogen (secondary N) is 1.